The molecule has 5 aromatic rings. The normalized spacial score (nSPS) is 11.6. The predicted octanol–water partition coefficient (Wildman–Crippen LogP) is 6.08. The highest BCUT2D eigenvalue weighted by molar-refractivity contribution is 6.04. The lowest BCUT2D eigenvalue weighted by atomic mass is 10.1. The van der Waals surface area contributed by atoms with E-state index in [2.05, 4.69) is 20.3 Å². The number of amides is 1. The second-order valence-electron chi connectivity index (χ2n) is 7.61. The Kier molecular flexibility index (Phi) is 5.37. The molecule has 2 aromatic carbocycles. The van der Waals surface area contributed by atoms with Gasteiger partial charge in [0.1, 0.15) is 11.5 Å². The molecule has 3 heterocycles. The fourth-order valence-electron chi connectivity index (χ4n) is 3.65. The molecule has 3 aromatic heterocycles. The molecule has 0 aliphatic carbocycles. The number of carbonyl (C=O) groups excluding carboxylic acids is 1. The zero-order chi connectivity index (χ0) is 23.7. The zero-order valence-corrected chi connectivity index (χ0v) is 17.6. The summed E-state index contributed by atoms with van der Waals surface area (Å²) in [4.78, 5) is 24.9. The van der Waals surface area contributed by atoms with Crippen LogP contribution in [0.4, 0.5) is 18.9 Å². The van der Waals surface area contributed by atoms with Gasteiger partial charge in [0.2, 0.25) is 0 Å². The number of halogens is 3. The van der Waals surface area contributed by atoms with Crippen molar-refractivity contribution in [3.05, 3.63) is 102 Å². The third kappa shape index (κ3) is 4.40. The molecule has 34 heavy (non-hydrogen) atoms. The van der Waals surface area contributed by atoms with E-state index < -0.39 is 17.6 Å². The number of furan rings is 1. The minimum Gasteiger partial charge on any atom is -0.463 e. The highest BCUT2D eigenvalue weighted by atomic mass is 19.4. The minimum atomic E-state index is -4.52. The minimum absolute atomic E-state index is 0.0791. The molecule has 0 fully saturated rings. The van der Waals surface area contributed by atoms with Gasteiger partial charge >= 0.3 is 6.18 Å². The third-order valence-electron chi connectivity index (χ3n) is 5.21. The average Bonchev–Trinajstić information content (AvgIpc) is 3.51. The Morgan fingerprint density at radius 3 is 2.65 bits per heavy atom. The molecule has 0 radical (unpaired) electrons. The summed E-state index contributed by atoms with van der Waals surface area (Å²) in [7, 11) is 0. The summed E-state index contributed by atoms with van der Waals surface area (Å²) >= 11 is 0. The molecule has 170 valence electrons. The van der Waals surface area contributed by atoms with Crippen molar-refractivity contribution >= 4 is 22.6 Å². The number of aromatic nitrogens is 3. The predicted molar refractivity (Wildman–Crippen MR) is 120 cm³/mol. The number of nitrogens with zero attached hydrogens (tertiary/aromatic N) is 2. The lowest BCUT2D eigenvalue weighted by molar-refractivity contribution is -0.137. The lowest BCUT2D eigenvalue weighted by Gasteiger charge is -2.10. The maximum Gasteiger partial charge on any atom is 0.416 e. The molecule has 2 N–H and O–H groups in total. The van der Waals surface area contributed by atoms with Crippen molar-refractivity contribution in [1.29, 1.82) is 0 Å². The number of hydrogen-bond acceptors (Lipinski definition) is 4. The molecule has 0 atom stereocenters. The smallest absolute Gasteiger partial charge is 0.416 e. The summed E-state index contributed by atoms with van der Waals surface area (Å²) in [5.41, 5.74) is 2.47. The van der Waals surface area contributed by atoms with Gasteiger partial charge in [0.15, 0.2) is 5.76 Å². The standard InChI is InChI=1S/C25H17F3N4O2/c26-25(27,28)17-6-2-5-16(14-17)24(33)30-18-7-1-4-15(12-18)13-21-31-19-9-10-29-22(19)23(32-21)20-8-3-11-34-20/h1-12,14,29H,13H2,(H,30,33). The van der Waals surface area contributed by atoms with Crippen LogP contribution < -0.4 is 5.32 Å². The SMILES string of the molecule is O=C(Nc1cccc(Cc2nc(-c3ccco3)c3[nH]ccc3n2)c1)c1cccc(C(F)(F)F)c1. The van der Waals surface area contributed by atoms with Crippen molar-refractivity contribution in [3.8, 4) is 11.5 Å². The van der Waals surface area contributed by atoms with Gasteiger partial charge in [-0.1, -0.05) is 18.2 Å². The summed E-state index contributed by atoms with van der Waals surface area (Å²) in [5.74, 6) is 0.534. The van der Waals surface area contributed by atoms with Gasteiger partial charge in [-0.3, -0.25) is 4.79 Å². The Bertz CT molecular complexity index is 1470. The first-order valence-electron chi connectivity index (χ1n) is 10.3. The lowest BCUT2D eigenvalue weighted by Crippen LogP contribution is -2.14. The van der Waals surface area contributed by atoms with Crippen LogP contribution in [0.5, 0.6) is 0 Å². The van der Waals surface area contributed by atoms with Crippen LogP contribution in [0.25, 0.3) is 22.5 Å². The molecule has 1 amide bonds. The molecule has 0 saturated heterocycles. The first kappa shape index (κ1) is 21.4. The van der Waals surface area contributed by atoms with Crippen LogP contribution in [0, 0.1) is 0 Å². The maximum absolute atomic E-state index is 13.0. The molecule has 6 nitrogen and oxygen atoms in total. The van der Waals surface area contributed by atoms with Gasteiger partial charge in [0, 0.05) is 23.9 Å². The molecule has 0 spiro atoms. The summed E-state index contributed by atoms with van der Waals surface area (Å²) < 4.78 is 44.4. The Morgan fingerprint density at radius 1 is 1.00 bits per heavy atom. The molecule has 9 heteroatoms. The number of anilines is 1. The van der Waals surface area contributed by atoms with E-state index in [0.717, 1.165) is 28.7 Å². The van der Waals surface area contributed by atoms with Crippen molar-refractivity contribution in [2.24, 2.45) is 0 Å². The second-order valence-corrected chi connectivity index (χ2v) is 7.61. The number of fused-ring (bicyclic) bond motifs is 1. The fourth-order valence-corrected chi connectivity index (χ4v) is 3.65. The number of aromatic amines is 1. The van der Waals surface area contributed by atoms with Crippen molar-refractivity contribution in [2.45, 2.75) is 12.6 Å². The topological polar surface area (TPSA) is 83.8 Å². The summed E-state index contributed by atoms with van der Waals surface area (Å²) in [6.45, 7) is 0. The van der Waals surface area contributed by atoms with Gasteiger partial charge in [-0.05, 0) is 54.1 Å². The third-order valence-corrected chi connectivity index (χ3v) is 5.21. The van der Waals surface area contributed by atoms with Gasteiger partial charge in [0.05, 0.1) is 22.9 Å². The van der Waals surface area contributed by atoms with E-state index in [0.29, 0.717) is 29.4 Å². The Morgan fingerprint density at radius 2 is 1.85 bits per heavy atom. The van der Waals surface area contributed by atoms with Crippen molar-refractivity contribution in [1.82, 2.24) is 15.0 Å². The number of hydrogen-bond donors (Lipinski definition) is 2. The van der Waals surface area contributed by atoms with E-state index in [9.17, 15) is 18.0 Å². The zero-order valence-electron chi connectivity index (χ0n) is 17.6. The monoisotopic (exact) mass is 462 g/mol. The van der Waals surface area contributed by atoms with Crippen LogP contribution in [0.2, 0.25) is 0 Å². The van der Waals surface area contributed by atoms with Crippen LogP contribution in [-0.2, 0) is 12.6 Å². The summed E-state index contributed by atoms with van der Waals surface area (Å²) in [5, 5.41) is 2.66. The van der Waals surface area contributed by atoms with E-state index in [4.69, 9.17) is 4.42 Å². The second kappa shape index (κ2) is 8.51. The first-order valence-corrected chi connectivity index (χ1v) is 10.3. The van der Waals surface area contributed by atoms with E-state index in [1.165, 1.54) is 12.1 Å². The molecule has 0 saturated carbocycles. The number of rotatable bonds is 5. The highest BCUT2D eigenvalue weighted by Crippen LogP contribution is 2.30. The van der Waals surface area contributed by atoms with Crippen LogP contribution in [0.1, 0.15) is 27.3 Å². The number of benzene rings is 2. The van der Waals surface area contributed by atoms with Gasteiger partial charge in [0.25, 0.3) is 5.91 Å². The molecular formula is C25H17F3N4O2. The van der Waals surface area contributed by atoms with Crippen LogP contribution in [0.3, 0.4) is 0 Å². The Balaban J connectivity index is 1.38. The van der Waals surface area contributed by atoms with Crippen LogP contribution in [-0.4, -0.2) is 20.9 Å². The number of H-pyrrole nitrogens is 1. The molecule has 0 bridgehead atoms. The van der Waals surface area contributed by atoms with Crippen molar-refractivity contribution in [3.63, 3.8) is 0 Å². The molecule has 0 aliphatic heterocycles. The largest absolute Gasteiger partial charge is 0.463 e. The van der Waals surface area contributed by atoms with Gasteiger partial charge < -0.3 is 14.7 Å². The average molecular weight is 462 g/mol. The van der Waals surface area contributed by atoms with Gasteiger partial charge in [-0.25, -0.2) is 9.97 Å². The van der Waals surface area contributed by atoms with Crippen LogP contribution >= 0.6 is 0 Å². The molecule has 0 unspecified atom stereocenters. The van der Waals surface area contributed by atoms with Crippen LogP contribution in [0.15, 0.2) is 83.6 Å². The van der Waals surface area contributed by atoms with E-state index >= 15 is 0 Å². The highest BCUT2D eigenvalue weighted by Gasteiger charge is 2.30. The van der Waals surface area contributed by atoms with E-state index in [1.54, 1.807) is 36.7 Å². The van der Waals surface area contributed by atoms with E-state index in [-0.39, 0.29) is 5.56 Å². The number of nitrogens with one attached hydrogen (secondary N) is 2. The summed E-state index contributed by atoms with van der Waals surface area (Å²) in [6, 6.07) is 16.8. The Hall–Kier alpha value is -4.40. The number of alkyl halides is 3. The summed E-state index contributed by atoms with van der Waals surface area (Å²) in [6.07, 6.45) is -0.796. The van der Waals surface area contributed by atoms with Gasteiger partial charge in [-0.2, -0.15) is 13.2 Å². The first-order chi connectivity index (χ1) is 16.4. The quantitative estimate of drug-likeness (QED) is 0.332. The molecule has 5 rings (SSSR count). The number of carbonyl (C=O) groups is 1. The molecule has 0 aliphatic rings. The maximum atomic E-state index is 13.0. The van der Waals surface area contributed by atoms with Crippen molar-refractivity contribution in [2.75, 3.05) is 5.32 Å². The Labute approximate surface area is 191 Å². The van der Waals surface area contributed by atoms with Gasteiger partial charge in [-0.15, -0.1) is 0 Å². The van der Waals surface area contributed by atoms with Crippen molar-refractivity contribution < 1.29 is 22.4 Å². The fraction of sp³-hybridized carbons (Fsp3) is 0.0800. The van der Waals surface area contributed by atoms with E-state index in [1.807, 2.05) is 18.2 Å². The molecular weight excluding hydrogens is 445 g/mol.